The van der Waals surface area contributed by atoms with Crippen molar-refractivity contribution < 1.29 is 18.0 Å². The van der Waals surface area contributed by atoms with Gasteiger partial charge in [0.25, 0.3) is 5.91 Å². The number of rotatable bonds is 5. The molecule has 3 aromatic rings. The third-order valence-electron chi connectivity index (χ3n) is 6.34. The average molecular weight is 481 g/mol. The van der Waals surface area contributed by atoms with Gasteiger partial charge in [0.1, 0.15) is 0 Å². The van der Waals surface area contributed by atoms with Crippen LogP contribution in [-0.4, -0.2) is 26.5 Å². The molecule has 1 saturated carbocycles. The molecule has 33 heavy (non-hydrogen) atoms. The van der Waals surface area contributed by atoms with Crippen molar-refractivity contribution in [1.82, 2.24) is 4.72 Å². The summed E-state index contributed by atoms with van der Waals surface area (Å²) in [5.41, 5.74) is 3.34. The Morgan fingerprint density at radius 1 is 1.09 bits per heavy atom. The van der Waals surface area contributed by atoms with Crippen LogP contribution in [0.5, 0.6) is 0 Å². The molecule has 0 saturated heterocycles. The summed E-state index contributed by atoms with van der Waals surface area (Å²) in [6.07, 6.45) is 1.67. The Kier molecular flexibility index (Phi) is 5.06. The number of hydrogen-bond acceptors (Lipinski definition) is 4. The highest BCUT2D eigenvalue weighted by Crippen LogP contribution is 2.66. The molecular weight excluding hydrogens is 460 g/mol. The van der Waals surface area contributed by atoms with Crippen LogP contribution in [0.1, 0.15) is 39.4 Å². The number of nitrogens with one attached hydrogen (secondary N) is 1. The van der Waals surface area contributed by atoms with Crippen LogP contribution in [0.2, 0.25) is 5.02 Å². The Morgan fingerprint density at radius 3 is 2.55 bits per heavy atom. The molecule has 3 aromatic carbocycles. The molecule has 8 heteroatoms. The van der Waals surface area contributed by atoms with Crippen molar-refractivity contribution in [2.45, 2.75) is 24.3 Å². The van der Waals surface area contributed by atoms with Crippen LogP contribution >= 0.6 is 11.6 Å². The van der Waals surface area contributed by atoms with Crippen LogP contribution < -0.4 is 9.62 Å². The number of para-hydroxylation sites is 1. The summed E-state index contributed by atoms with van der Waals surface area (Å²) in [6.45, 7) is 0.283. The van der Waals surface area contributed by atoms with Gasteiger partial charge in [0.05, 0.1) is 18.2 Å². The molecule has 6 nitrogen and oxygen atoms in total. The summed E-state index contributed by atoms with van der Waals surface area (Å²) >= 11 is 6.04. The monoisotopic (exact) mass is 480 g/mol. The lowest BCUT2D eigenvalue weighted by Gasteiger charge is -2.19. The van der Waals surface area contributed by atoms with Gasteiger partial charge in [-0.25, -0.2) is 13.1 Å². The summed E-state index contributed by atoms with van der Waals surface area (Å²) in [5.74, 6) is -0.580. The Hall–Kier alpha value is -3.16. The zero-order valence-electron chi connectivity index (χ0n) is 17.8. The lowest BCUT2D eigenvalue weighted by Crippen LogP contribution is -2.33. The molecule has 168 valence electrons. The van der Waals surface area contributed by atoms with E-state index in [1.165, 1.54) is 0 Å². The first-order chi connectivity index (χ1) is 15.7. The van der Waals surface area contributed by atoms with Crippen LogP contribution in [-0.2, 0) is 26.8 Å². The highest BCUT2D eigenvalue weighted by molar-refractivity contribution is 7.89. The highest BCUT2D eigenvalue weighted by Gasteiger charge is 2.67. The number of fused-ring (bicyclic) bond motifs is 2. The molecule has 5 rings (SSSR count). The number of benzene rings is 3. The van der Waals surface area contributed by atoms with E-state index in [1.54, 1.807) is 23.1 Å². The Labute approximate surface area is 197 Å². The lowest BCUT2D eigenvalue weighted by atomic mass is 9.92. The first-order valence-corrected chi connectivity index (χ1v) is 12.7. The van der Waals surface area contributed by atoms with E-state index >= 15 is 0 Å². The molecule has 2 amide bonds. The van der Waals surface area contributed by atoms with Gasteiger partial charge in [-0.2, -0.15) is 0 Å². The number of sulfonamides is 1. The van der Waals surface area contributed by atoms with Gasteiger partial charge in [0.2, 0.25) is 15.9 Å². The molecule has 0 unspecified atom stereocenters. The number of halogens is 1. The van der Waals surface area contributed by atoms with Crippen LogP contribution in [0.3, 0.4) is 0 Å². The van der Waals surface area contributed by atoms with Gasteiger partial charge in [-0.15, -0.1) is 0 Å². The summed E-state index contributed by atoms with van der Waals surface area (Å²) in [5, 5.41) is 0.660. The Morgan fingerprint density at radius 2 is 1.82 bits per heavy atom. The normalized spacial score (nSPS) is 21.2. The number of carbonyl (C=O) groups is 2. The maximum atomic E-state index is 13.7. The van der Waals surface area contributed by atoms with Crippen molar-refractivity contribution in [3.63, 3.8) is 0 Å². The molecule has 1 spiro atoms. The molecule has 2 atom stereocenters. The van der Waals surface area contributed by atoms with Gasteiger partial charge in [0.15, 0.2) is 0 Å². The average Bonchev–Trinajstić information content (AvgIpc) is 3.48. The third-order valence-corrected chi connectivity index (χ3v) is 7.15. The zero-order chi connectivity index (χ0) is 23.4. The van der Waals surface area contributed by atoms with Gasteiger partial charge in [0, 0.05) is 22.2 Å². The van der Waals surface area contributed by atoms with Crippen LogP contribution in [0.4, 0.5) is 5.69 Å². The van der Waals surface area contributed by atoms with Gasteiger partial charge in [-0.3, -0.25) is 9.59 Å². The SMILES string of the molecule is CS(=O)(=O)NC(=O)c1cccc(CN2C(=O)[C@]3(C[C@@H]3c3ccc(Cl)cc3)c3ccccc32)c1. The fourth-order valence-corrected chi connectivity index (χ4v) is 5.40. The van der Waals surface area contributed by atoms with Crippen LogP contribution in [0.15, 0.2) is 72.8 Å². The molecule has 0 aromatic heterocycles. The second-order valence-corrected chi connectivity index (χ2v) is 10.8. The fourth-order valence-electron chi connectivity index (χ4n) is 4.82. The van der Waals surface area contributed by atoms with Crippen molar-refractivity contribution in [2.75, 3.05) is 11.2 Å². The number of hydrogen-bond donors (Lipinski definition) is 1. The summed E-state index contributed by atoms with van der Waals surface area (Å²) in [4.78, 5) is 27.8. The van der Waals surface area contributed by atoms with E-state index < -0.39 is 21.3 Å². The van der Waals surface area contributed by atoms with Crippen LogP contribution in [0, 0.1) is 0 Å². The minimum absolute atomic E-state index is 0.0367. The van der Waals surface area contributed by atoms with Crippen molar-refractivity contribution in [3.05, 3.63) is 100 Å². The minimum atomic E-state index is -3.67. The smallest absolute Gasteiger partial charge is 0.264 e. The fraction of sp³-hybridized carbons (Fsp3) is 0.200. The maximum Gasteiger partial charge on any atom is 0.264 e. The molecular formula is C25H21ClN2O4S. The van der Waals surface area contributed by atoms with E-state index in [0.29, 0.717) is 5.02 Å². The van der Waals surface area contributed by atoms with E-state index in [2.05, 4.69) is 0 Å². The number of carbonyl (C=O) groups excluding carboxylic acids is 2. The predicted octanol–water partition coefficient (Wildman–Crippen LogP) is 4.00. The standard InChI is InChI=1S/C25H21ClN2O4S/c1-33(31,32)27-23(29)18-6-4-5-16(13-18)15-28-22-8-3-2-7-20(22)25(24(28)30)14-21(25)17-9-11-19(26)12-10-17/h2-13,21H,14-15H2,1H3,(H,27,29)/t21-,25-/m1/s1. The second kappa shape index (κ2) is 7.71. The predicted molar refractivity (Wildman–Crippen MR) is 127 cm³/mol. The summed E-state index contributed by atoms with van der Waals surface area (Å²) in [6, 6.07) is 22.1. The van der Waals surface area contributed by atoms with E-state index in [4.69, 9.17) is 11.6 Å². The first-order valence-electron chi connectivity index (χ1n) is 10.5. The summed E-state index contributed by atoms with van der Waals surface area (Å²) < 4.78 is 24.8. The molecule has 0 bridgehead atoms. The molecule has 1 aliphatic heterocycles. The van der Waals surface area contributed by atoms with Crippen molar-refractivity contribution in [2.24, 2.45) is 0 Å². The molecule has 1 aliphatic carbocycles. The zero-order valence-corrected chi connectivity index (χ0v) is 19.4. The quantitative estimate of drug-likeness (QED) is 0.598. The Bertz CT molecular complexity index is 1390. The van der Waals surface area contributed by atoms with Gasteiger partial charge in [-0.05, 0) is 53.4 Å². The van der Waals surface area contributed by atoms with Gasteiger partial charge < -0.3 is 4.90 Å². The molecule has 0 radical (unpaired) electrons. The van der Waals surface area contributed by atoms with E-state index in [1.807, 2.05) is 59.3 Å². The molecule has 1 fully saturated rings. The van der Waals surface area contributed by atoms with Crippen molar-refractivity contribution >= 4 is 39.1 Å². The topological polar surface area (TPSA) is 83.6 Å². The Balaban J connectivity index is 1.45. The number of amides is 2. The molecule has 2 aliphatic rings. The molecule has 1 heterocycles. The third kappa shape index (κ3) is 3.81. The van der Waals surface area contributed by atoms with Crippen LogP contribution in [0.25, 0.3) is 0 Å². The minimum Gasteiger partial charge on any atom is -0.307 e. The van der Waals surface area contributed by atoms with Crippen molar-refractivity contribution in [3.8, 4) is 0 Å². The van der Waals surface area contributed by atoms with E-state index in [-0.39, 0.29) is 23.9 Å². The van der Waals surface area contributed by atoms with Gasteiger partial charge >= 0.3 is 0 Å². The maximum absolute atomic E-state index is 13.7. The number of nitrogens with zero attached hydrogens (tertiary/aromatic N) is 1. The summed E-state index contributed by atoms with van der Waals surface area (Å²) in [7, 11) is -3.67. The lowest BCUT2D eigenvalue weighted by molar-refractivity contribution is -0.120. The van der Waals surface area contributed by atoms with E-state index in [9.17, 15) is 18.0 Å². The largest absolute Gasteiger partial charge is 0.307 e. The highest BCUT2D eigenvalue weighted by atomic mass is 35.5. The van der Waals surface area contributed by atoms with Gasteiger partial charge in [-0.1, -0.05) is 54.1 Å². The number of anilines is 1. The van der Waals surface area contributed by atoms with Crippen molar-refractivity contribution in [1.29, 1.82) is 0 Å². The molecule has 1 N–H and O–H groups in total. The first kappa shape index (κ1) is 21.7. The van der Waals surface area contributed by atoms with E-state index in [0.717, 1.165) is 35.1 Å². The second-order valence-electron chi connectivity index (χ2n) is 8.59.